The zero-order chi connectivity index (χ0) is 17.3. The van der Waals surface area contributed by atoms with Crippen molar-refractivity contribution in [1.82, 2.24) is 15.1 Å². The molecule has 2 aromatic rings. The lowest BCUT2D eigenvalue weighted by Crippen LogP contribution is -2.28. The van der Waals surface area contributed by atoms with Crippen LogP contribution < -0.4 is 5.32 Å². The molecular weight excluding hydrogens is 322 g/mol. The molecule has 130 valence electrons. The van der Waals surface area contributed by atoms with E-state index in [0.717, 1.165) is 35.9 Å². The second-order valence-corrected chi connectivity index (χ2v) is 7.11. The van der Waals surface area contributed by atoms with Gasteiger partial charge in [0.2, 0.25) is 0 Å². The summed E-state index contributed by atoms with van der Waals surface area (Å²) in [5, 5.41) is 8.99. The first-order valence-electron chi connectivity index (χ1n) is 8.58. The summed E-state index contributed by atoms with van der Waals surface area (Å²) in [6, 6.07) is 8.24. The number of ether oxygens (including phenoxy) is 1. The molecule has 5 heteroatoms. The Labute approximate surface area is 149 Å². The predicted octanol–water partition coefficient (Wildman–Crippen LogP) is 4.12. The number of hydrogen-bond acceptors (Lipinski definition) is 3. The zero-order valence-electron chi connectivity index (χ0n) is 14.8. The van der Waals surface area contributed by atoms with Gasteiger partial charge in [0.05, 0.1) is 11.8 Å². The molecule has 0 spiro atoms. The van der Waals surface area contributed by atoms with Crippen LogP contribution in [0.1, 0.15) is 48.0 Å². The highest BCUT2D eigenvalue weighted by molar-refractivity contribution is 6.31. The third kappa shape index (κ3) is 3.37. The number of rotatable bonds is 5. The fourth-order valence-corrected chi connectivity index (χ4v) is 3.93. The van der Waals surface area contributed by atoms with Crippen LogP contribution in [0.2, 0.25) is 5.02 Å². The minimum Gasteiger partial charge on any atom is -0.373 e. The fraction of sp³-hybridized carbons (Fsp3) is 0.526. The number of aryl methyl sites for hydroxylation is 2. The maximum absolute atomic E-state index is 6.31. The molecule has 3 atom stereocenters. The minimum atomic E-state index is 0.129. The molecule has 0 amide bonds. The van der Waals surface area contributed by atoms with Gasteiger partial charge in [-0.05, 0) is 38.8 Å². The molecule has 1 fully saturated rings. The third-order valence-electron chi connectivity index (χ3n) is 5.12. The molecule has 4 nitrogen and oxygen atoms in total. The van der Waals surface area contributed by atoms with E-state index in [1.807, 2.05) is 29.9 Å². The van der Waals surface area contributed by atoms with Crippen LogP contribution in [0.25, 0.3) is 0 Å². The van der Waals surface area contributed by atoms with Crippen LogP contribution in [0.4, 0.5) is 0 Å². The molecule has 1 aliphatic rings. The number of halogens is 1. The minimum absolute atomic E-state index is 0.129. The second-order valence-electron chi connectivity index (χ2n) is 6.70. The zero-order valence-corrected chi connectivity index (χ0v) is 15.6. The Bertz CT molecular complexity index is 713. The van der Waals surface area contributed by atoms with Crippen LogP contribution in [0.15, 0.2) is 24.3 Å². The van der Waals surface area contributed by atoms with E-state index in [0.29, 0.717) is 5.92 Å². The highest BCUT2D eigenvalue weighted by Crippen LogP contribution is 2.37. The van der Waals surface area contributed by atoms with Gasteiger partial charge in [-0.2, -0.15) is 5.10 Å². The van der Waals surface area contributed by atoms with Crippen molar-refractivity contribution in [3.63, 3.8) is 0 Å². The van der Waals surface area contributed by atoms with Gasteiger partial charge in [0.15, 0.2) is 0 Å². The standard InChI is InChI=1S/C19H26ClN3O/c1-12(16-7-5-6-8-17(16)20)21-11-15-9-10-24-19(15)18-13(2)22-23(4)14(18)3/h5-8,12,15,19,21H,9-11H2,1-4H3/t12-,15+,19-/m1/s1. The molecule has 1 aromatic carbocycles. The second kappa shape index (κ2) is 7.26. The predicted molar refractivity (Wildman–Crippen MR) is 97.4 cm³/mol. The summed E-state index contributed by atoms with van der Waals surface area (Å²) in [5.74, 6) is 0.455. The van der Waals surface area contributed by atoms with E-state index in [4.69, 9.17) is 16.3 Å². The largest absolute Gasteiger partial charge is 0.373 e. The van der Waals surface area contributed by atoms with Crippen molar-refractivity contribution in [3.05, 3.63) is 51.8 Å². The Morgan fingerprint density at radius 3 is 2.79 bits per heavy atom. The van der Waals surface area contributed by atoms with Crippen molar-refractivity contribution >= 4 is 11.6 Å². The van der Waals surface area contributed by atoms with Crippen LogP contribution in [0, 0.1) is 19.8 Å². The van der Waals surface area contributed by atoms with Crippen molar-refractivity contribution in [2.75, 3.05) is 13.2 Å². The Morgan fingerprint density at radius 2 is 2.12 bits per heavy atom. The normalized spacial score (nSPS) is 22.0. The summed E-state index contributed by atoms with van der Waals surface area (Å²) < 4.78 is 8.02. The van der Waals surface area contributed by atoms with Crippen LogP contribution in [0.3, 0.4) is 0 Å². The first-order chi connectivity index (χ1) is 11.5. The number of nitrogens with zero attached hydrogens (tertiary/aromatic N) is 2. The summed E-state index contributed by atoms with van der Waals surface area (Å²) in [7, 11) is 1.99. The van der Waals surface area contributed by atoms with Gasteiger partial charge in [0, 0.05) is 48.4 Å². The number of hydrogen-bond donors (Lipinski definition) is 1. The highest BCUT2D eigenvalue weighted by atomic mass is 35.5. The van der Waals surface area contributed by atoms with Gasteiger partial charge < -0.3 is 10.1 Å². The number of benzene rings is 1. The SMILES string of the molecule is Cc1nn(C)c(C)c1[C@@H]1OCC[C@H]1CN[C@H](C)c1ccccc1Cl. The molecule has 24 heavy (non-hydrogen) atoms. The fourth-order valence-electron chi connectivity index (χ4n) is 3.63. The molecule has 0 aliphatic carbocycles. The Kier molecular flexibility index (Phi) is 5.28. The summed E-state index contributed by atoms with van der Waals surface area (Å²) >= 11 is 6.31. The Hall–Kier alpha value is -1.36. The molecule has 1 aliphatic heterocycles. The van der Waals surface area contributed by atoms with Gasteiger partial charge in [-0.3, -0.25) is 4.68 Å². The van der Waals surface area contributed by atoms with Gasteiger partial charge in [-0.1, -0.05) is 29.8 Å². The van der Waals surface area contributed by atoms with E-state index >= 15 is 0 Å². The lowest BCUT2D eigenvalue weighted by Gasteiger charge is -2.23. The average molecular weight is 348 g/mol. The van der Waals surface area contributed by atoms with Crippen LogP contribution in [-0.4, -0.2) is 22.9 Å². The summed E-state index contributed by atoms with van der Waals surface area (Å²) in [5.41, 5.74) is 4.67. The quantitative estimate of drug-likeness (QED) is 0.884. The van der Waals surface area contributed by atoms with Crippen molar-refractivity contribution in [1.29, 1.82) is 0 Å². The Balaban J connectivity index is 1.70. The summed E-state index contributed by atoms with van der Waals surface area (Å²) in [6.07, 6.45) is 1.20. The first kappa shape index (κ1) is 17.5. The van der Waals surface area contributed by atoms with E-state index in [2.05, 4.69) is 37.3 Å². The number of aromatic nitrogens is 2. The maximum atomic E-state index is 6.31. The Morgan fingerprint density at radius 1 is 1.38 bits per heavy atom. The van der Waals surface area contributed by atoms with E-state index < -0.39 is 0 Å². The van der Waals surface area contributed by atoms with Crippen molar-refractivity contribution in [2.24, 2.45) is 13.0 Å². The monoisotopic (exact) mass is 347 g/mol. The molecule has 2 heterocycles. The van der Waals surface area contributed by atoms with Crippen molar-refractivity contribution in [2.45, 2.75) is 39.3 Å². The summed E-state index contributed by atoms with van der Waals surface area (Å²) in [4.78, 5) is 0. The van der Waals surface area contributed by atoms with Gasteiger partial charge >= 0.3 is 0 Å². The maximum Gasteiger partial charge on any atom is 0.0901 e. The van der Waals surface area contributed by atoms with Gasteiger partial charge in [0.25, 0.3) is 0 Å². The van der Waals surface area contributed by atoms with Crippen LogP contribution in [0.5, 0.6) is 0 Å². The van der Waals surface area contributed by atoms with Crippen molar-refractivity contribution in [3.8, 4) is 0 Å². The van der Waals surface area contributed by atoms with E-state index in [1.165, 1.54) is 11.3 Å². The van der Waals surface area contributed by atoms with E-state index in [1.54, 1.807) is 0 Å². The first-order valence-corrected chi connectivity index (χ1v) is 8.96. The summed E-state index contributed by atoms with van der Waals surface area (Å²) in [6.45, 7) is 8.07. The van der Waals surface area contributed by atoms with Crippen molar-refractivity contribution < 1.29 is 4.74 Å². The van der Waals surface area contributed by atoms with Crippen LogP contribution in [-0.2, 0) is 11.8 Å². The van der Waals surface area contributed by atoms with Crippen LogP contribution >= 0.6 is 11.6 Å². The topological polar surface area (TPSA) is 39.1 Å². The molecule has 3 rings (SSSR count). The molecule has 1 aromatic heterocycles. The molecule has 0 saturated carbocycles. The average Bonchev–Trinajstić information content (AvgIpc) is 3.10. The van der Waals surface area contributed by atoms with Gasteiger partial charge in [-0.25, -0.2) is 0 Å². The van der Waals surface area contributed by atoms with Gasteiger partial charge in [-0.15, -0.1) is 0 Å². The lowest BCUT2D eigenvalue weighted by atomic mass is 9.93. The third-order valence-corrected chi connectivity index (χ3v) is 5.47. The van der Waals surface area contributed by atoms with E-state index in [9.17, 15) is 0 Å². The molecule has 1 N–H and O–H groups in total. The smallest absolute Gasteiger partial charge is 0.0901 e. The van der Waals surface area contributed by atoms with E-state index in [-0.39, 0.29) is 12.1 Å². The molecule has 0 unspecified atom stereocenters. The van der Waals surface area contributed by atoms with Gasteiger partial charge in [0.1, 0.15) is 0 Å². The number of nitrogens with one attached hydrogen (secondary N) is 1. The lowest BCUT2D eigenvalue weighted by molar-refractivity contribution is 0.0888. The highest BCUT2D eigenvalue weighted by Gasteiger charge is 2.33. The molecular formula is C19H26ClN3O. The molecule has 0 bridgehead atoms. The molecule has 1 saturated heterocycles. The molecule has 0 radical (unpaired) electrons.